The zero-order chi connectivity index (χ0) is 28.7. The number of rotatable bonds is 12. The minimum Gasteiger partial charge on any atom is -0.480 e. The molecule has 5 atom stereocenters. The number of aromatic nitrogens is 2. The number of H-pyrrole nitrogens is 1. The van der Waals surface area contributed by atoms with Crippen molar-refractivity contribution in [2.75, 3.05) is 0 Å². The van der Waals surface area contributed by atoms with Gasteiger partial charge in [0.2, 0.25) is 11.8 Å². The van der Waals surface area contributed by atoms with Crippen molar-refractivity contribution in [1.82, 2.24) is 20.2 Å². The van der Waals surface area contributed by atoms with E-state index in [1.165, 1.54) is 0 Å². The SMILES string of the molecule is CC[C@@H](C)[C@H](NC(=O)[C@@H](Cc1ccccc1)n1c(=O)[nH]c2ccccc2c1=O)C(=O)N[C@H](C(=O)O)[C@@H](C)CC. The van der Waals surface area contributed by atoms with Gasteiger partial charge in [0.15, 0.2) is 0 Å². The number of carbonyl (C=O) groups is 3. The van der Waals surface area contributed by atoms with Gasteiger partial charge in [0.05, 0.1) is 10.9 Å². The lowest BCUT2D eigenvalue weighted by Gasteiger charge is -2.29. The van der Waals surface area contributed by atoms with Gasteiger partial charge in [-0.2, -0.15) is 0 Å². The predicted octanol–water partition coefficient (Wildman–Crippen LogP) is 2.62. The quantitative estimate of drug-likeness (QED) is 0.279. The number of nitrogens with zero attached hydrogens (tertiary/aromatic N) is 1. The van der Waals surface area contributed by atoms with Crippen LogP contribution in [0.4, 0.5) is 0 Å². The summed E-state index contributed by atoms with van der Waals surface area (Å²) >= 11 is 0. The van der Waals surface area contributed by atoms with Gasteiger partial charge in [-0.25, -0.2) is 14.2 Å². The molecule has 0 saturated carbocycles. The van der Waals surface area contributed by atoms with Gasteiger partial charge in [-0.05, 0) is 29.5 Å². The molecule has 1 heterocycles. The molecule has 2 aromatic carbocycles. The average Bonchev–Trinajstić information content (AvgIpc) is 2.93. The first kappa shape index (κ1) is 29.3. The number of aromatic amines is 1. The highest BCUT2D eigenvalue weighted by Crippen LogP contribution is 2.17. The molecule has 10 nitrogen and oxygen atoms in total. The zero-order valence-corrected chi connectivity index (χ0v) is 22.6. The molecule has 3 rings (SSSR count). The van der Waals surface area contributed by atoms with E-state index in [-0.39, 0.29) is 23.6 Å². The standard InChI is InChI=1S/C29H36N4O6/c1-5-17(3)23(26(35)32-24(28(37)38)18(4)6-2)31-25(34)22(16-19-12-8-7-9-13-19)33-27(36)20-14-10-11-15-21(20)30-29(33)39/h7-15,17-18,22-24H,5-6,16H2,1-4H3,(H,30,39)(H,31,34)(H,32,35)(H,37,38)/t17-,18+,22-,23+,24+/m1/s1. The van der Waals surface area contributed by atoms with Crippen molar-refractivity contribution in [3.8, 4) is 0 Å². The Morgan fingerprint density at radius 2 is 1.41 bits per heavy atom. The fourth-order valence-electron chi connectivity index (χ4n) is 4.48. The molecule has 1 aromatic heterocycles. The fraction of sp³-hybridized carbons (Fsp3) is 0.414. The Labute approximate surface area is 226 Å². The Hall–Kier alpha value is -4.21. The summed E-state index contributed by atoms with van der Waals surface area (Å²) in [5.41, 5.74) is -0.312. The van der Waals surface area contributed by atoms with E-state index in [4.69, 9.17) is 0 Å². The molecule has 0 aliphatic carbocycles. The van der Waals surface area contributed by atoms with Gasteiger partial charge in [0.1, 0.15) is 18.1 Å². The monoisotopic (exact) mass is 536 g/mol. The normalized spacial score (nSPS) is 15.1. The summed E-state index contributed by atoms with van der Waals surface area (Å²) in [5.74, 6) is -3.19. The second kappa shape index (κ2) is 13.0. The lowest BCUT2D eigenvalue weighted by molar-refractivity contribution is -0.144. The molecule has 4 N–H and O–H groups in total. The van der Waals surface area contributed by atoms with Crippen molar-refractivity contribution in [2.45, 2.75) is 65.1 Å². The van der Waals surface area contributed by atoms with Gasteiger partial charge in [-0.3, -0.25) is 14.4 Å². The zero-order valence-electron chi connectivity index (χ0n) is 22.6. The minimum atomic E-state index is -1.27. The van der Waals surface area contributed by atoms with E-state index in [9.17, 15) is 29.1 Å². The van der Waals surface area contributed by atoms with E-state index in [1.807, 2.05) is 19.9 Å². The number of carboxylic acids is 1. The number of amides is 2. The van der Waals surface area contributed by atoms with Crippen LogP contribution in [0.3, 0.4) is 0 Å². The first-order valence-corrected chi connectivity index (χ1v) is 13.2. The Morgan fingerprint density at radius 1 is 0.846 bits per heavy atom. The highest BCUT2D eigenvalue weighted by atomic mass is 16.4. The van der Waals surface area contributed by atoms with Gasteiger partial charge in [-0.1, -0.05) is 83.0 Å². The topological polar surface area (TPSA) is 150 Å². The van der Waals surface area contributed by atoms with E-state index >= 15 is 0 Å². The summed E-state index contributed by atoms with van der Waals surface area (Å²) in [6, 6.07) is 12.0. The molecular weight excluding hydrogens is 500 g/mol. The number of carboxylic acid groups (broad SMARTS) is 1. The average molecular weight is 537 g/mol. The van der Waals surface area contributed by atoms with Gasteiger partial charge >= 0.3 is 11.7 Å². The Bertz CT molecular complexity index is 1430. The van der Waals surface area contributed by atoms with Gasteiger partial charge in [0, 0.05) is 6.42 Å². The summed E-state index contributed by atoms with van der Waals surface area (Å²) in [7, 11) is 0. The summed E-state index contributed by atoms with van der Waals surface area (Å²) in [4.78, 5) is 68.2. The third-order valence-electron chi connectivity index (χ3n) is 7.29. The molecule has 10 heteroatoms. The van der Waals surface area contributed by atoms with Gasteiger partial charge in [-0.15, -0.1) is 0 Å². The number of benzene rings is 2. The van der Waals surface area contributed by atoms with Crippen LogP contribution in [0.2, 0.25) is 0 Å². The first-order chi connectivity index (χ1) is 18.6. The second-order valence-electron chi connectivity index (χ2n) is 9.94. The third-order valence-corrected chi connectivity index (χ3v) is 7.29. The van der Waals surface area contributed by atoms with E-state index in [0.717, 1.165) is 4.57 Å². The number of carbonyl (C=O) groups excluding carboxylic acids is 2. The van der Waals surface area contributed by atoms with Crippen LogP contribution in [-0.4, -0.2) is 44.5 Å². The maximum atomic E-state index is 13.8. The molecule has 39 heavy (non-hydrogen) atoms. The number of para-hydroxylation sites is 1. The number of hydrogen-bond acceptors (Lipinski definition) is 5. The van der Waals surface area contributed by atoms with Crippen molar-refractivity contribution < 1.29 is 19.5 Å². The number of hydrogen-bond donors (Lipinski definition) is 4. The molecule has 0 fully saturated rings. The van der Waals surface area contributed by atoms with Crippen molar-refractivity contribution in [2.24, 2.45) is 11.8 Å². The van der Waals surface area contributed by atoms with Crippen molar-refractivity contribution in [3.05, 3.63) is 81.0 Å². The molecule has 0 unspecified atom stereocenters. The Kier molecular flexibility index (Phi) is 9.81. The van der Waals surface area contributed by atoms with E-state index in [0.29, 0.717) is 23.9 Å². The van der Waals surface area contributed by atoms with Gasteiger partial charge in [0.25, 0.3) is 5.56 Å². The summed E-state index contributed by atoms with van der Waals surface area (Å²) in [6.07, 6.45) is 1.07. The molecule has 0 aliphatic rings. The largest absolute Gasteiger partial charge is 0.480 e. The maximum Gasteiger partial charge on any atom is 0.329 e. The minimum absolute atomic E-state index is 0.0213. The van der Waals surface area contributed by atoms with Crippen LogP contribution in [0.25, 0.3) is 10.9 Å². The number of fused-ring (bicyclic) bond motifs is 1. The predicted molar refractivity (Wildman–Crippen MR) is 148 cm³/mol. The highest BCUT2D eigenvalue weighted by molar-refractivity contribution is 5.92. The molecule has 208 valence electrons. The molecule has 0 spiro atoms. The van der Waals surface area contributed by atoms with Crippen LogP contribution in [0.15, 0.2) is 64.2 Å². The van der Waals surface area contributed by atoms with Gasteiger partial charge < -0.3 is 20.7 Å². The Balaban J connectivity index is 2.03. The molecule has 3 aromatic rings. The van der Waals surface area contributed by atoms with E-state index < -0.39 is 47.2 Å². The van der Waals surface area contributed by atoms with Crippen LogP contribution < -0.4 is 21.9 Å². The molecule has 0 aliphatic heterocycles. The lowest BCUT2D eigenvalue weighted by Crippen LogP contribution is -2.57. The fourth-order valence-corrected chi connectivity index (χ4v) is 4.48. The molecule has 0 saturated heterocycles. The van der Waals surface area contributed by atoms with Crippen LogP contribution in [0, 0.1) is 11.8 Å². The van der Waals surface area contributed by atoms with Crippen LogP contribution >= 0.6 is 0 Å². The maximum absolute atomic E-state index is 13.8. The lowest BCUT2D eigenvalue weighted by atomic mass is 9.95. The van der Waals surface area contributed by atoms with Crippen molar-refractivity contribution in [3.63, 3.8) is 0 Å². The first-order valence-electron chi connectivity index (χ1n) is 13.2. The molecule has 0 radical (unpaired) electrons. The summed E-state index contributed by atoms with van der Waals surface area (Å²) in [5, 5.41) is 15.2. The molecule has 0 bridgehead atoms. The second-order valence-corrected chi connectivity index (χ2v) is 9.94. The van der Waals surface area contributed by atoms with Crippen molar-refractivity contribution in [1.29, 1.82) is 0 Å². The number of aliphatic carboxylic acids is 1. The summed E-state index contributed by atoms with van der Waals surface area (Å²) in [6.45, 7) is 7.17. The smallest absolute Gasteiger partial charge is 0.329 e. The Morgan fingerprint density at radius 3 is 2.03 bits per heavy atom. The van der Waals surface area contributed by atoms with E-state index in [1.54, 1.807) is 62.4 Å². The van der Waals surface area contributed by atoms with Crippen molar-refractivity contribution >= 4 is 28.7 Å². The summed E-state index contributed by atoms with van der Waals surface area (Å²) < 4.78 is 0.884. The highest BCUT2D eigenvalue weighted by Gasteiger charge is 2.34. The molecule has 2 amide bonds. The molecular formula is C29H36N4O6. The van der Waals surface area contributed by atoms with E-state index in [2.05, 4.69) is 15.6 Å². The van der Waals surface area contributed by atoms with Crippen LogP contribution in [0.5, 0.6) is 0 Å². The van der Waals surface area contributed by atoms with Crippen LogP contribution in [0.1, 0.15) is 52.1 Å². The third kappa shape index (κ3) is 6.81. The number of nitrogens with one attached hydrogen (secondary N) is 3. The van der Waals surface area contributed by atoms with Crippen LogP contribution in [-0.2, 0) is 20.8 Å².